The Labute approximate surface area is 119 Å². The molecule has 0 aliphatic carbocycles. The van der Waals surface area contributed by atoms with Gasteiger partial charge in [-0.3, -0.25) is 4.79 Å². The van der Waals surface area contributed by atoms with Gasteiger partial charge in [0.1, 0.15) is 10.1 Å². The lowest BCUT2D eigenvalue weighted by atomic mass is 10.2. The van der Waals surface area contributed by atoms with Crippen LogP contribution in [0.1, 0.15) is 29.1 Å². The smallest absolute Gasteiger partial charge is 0.256 e. The minimum atomic E-state index is -0.174. The van der Waals surface area contributed by atoms with Crippen LogP contribution in [-0.4, -0.2) is 17.9 Å². The second kappa shape index (κ2) is 5.34. The summed E-state index contributed by atoms with van der Waals surface area (Å²) < 4.78 is 6.20. The number of thiophene rings is 1. The molecular weight excluding hydrogens is 293 g/mol. The average molecular weight is 304 g/mol. The molecule has 6 heteroatoms. The molecule has 1 amide bonds. The molecule has 0 spiro atoms. The van der Waals surface area contributed by atoms with E-state index in [1.807, 2.05) is 13.0 Å². The highest BCUT2D eigenvalue weighted by Crippen LogP contribution is 2.33. The van der Waals surface area contributed by atoms with E-state index in [4.69, 9.17) is 27.6 Å². The highest BCUT2D eigenvalue weighted by atomic mass is 35.5. The maximum absolute atomic E-state index is 12.3. The number of nitrogens with zero attached hydrogens (tertiary/aromatic N) is 1. The Morgan fingerprint density at radius 2 is 2.22 bits per heavy atom. The van der Waals surface area contributed by atoms with Gasteiger partial charge in [-0.05, 0) is 25.1 Å². The van der Waals surface area contributed by atoms with Crippen molar-refractivity contribution >= 4 is 40.4 Å². The van der Waals surface area contributed by atoms with Gasteiger partial charge in [-0.25, -0.2) is 0 Å². The molecule has 1 atom stereocenters. The summed E-state index contributed by atoms with van der Waals surface area (Å²) in [7, 11) is 1.71. The van der Waals surface area contributed by atoms with Gasteiger partial charge in [0.25, 0.3) is 5.91 Å². The van der Waals surface area contributed by atoms with E-state index in [1.54, 1.807) is 30.3 Å². The van der Waals surface area contributed by atoms with Crippen LogP contribution < -0.4 is 0 Å². The molecular formula is C12H11Cl2NO2S. The van der Waals surface area contributed by atoms with Crippen molar-refractivity contribution in [3.63, 3.8) is 0 Å². The van der Waals surface area contributed by atoms with Crippen LogP contribution in [0.4, 0.5) is 0 Å². The number of hydrogen-bond donors (Lipinski definition) is 0. The molecule has 2 rings (SSSR count). The van der Waals surface area contributed by atoms with Gasteiger partial charge in [0.05, 0.1) is 22.2 Å². The van der Waals surface area contributed by atoms with Crippen molar-refractivity contribution in [1.29, 1.82) is 0 Å². The van der Waals surface area contributed by atoms with Crippen LogP contribution >= 0.6 is 34.5 Å². The number of carbonyl (C=O) groups is 1. The lowest BCUT2D eigenvalue weighted by molar-refractivity contribution is 0.0727. The topological polar surface area (TPSA) is 33.5 Å². The van der Waals surface area contributed by atoms with E-state index in [9.17, 15) is 4.79 Å². The van der Waals surface area contributed by atoms with E-state index in [0.717, 1.165) is 5.76 Å². The Hall–Kier alpha value is -0.970. The van der Waals surface area contributed by atoms with Crippen molar-refractivity contribution in [2.24, 2.45) is 0 Å². The first-order valence-electron chi connectivity index (χ1n) is 5.26. The number of hydrogen-bond acceptors (Lipinski definition) is 3. The molecule has 0 aliphatic heterocycles. The summed E-state index contributed by atoms with van der Waals surface area (Å²) >= 11 is 13.0. The molecule has 2 aromatic heterocycles. The minimum Gasteiger partial charge on any atom is -0.467 e. The first-order valence-corrected chi connectivity index (χ1v) is 6.83. The molecule has 0 aliphatic rings. The Balaban J connectivity index is 2.21. The van der Waals surface area contributed by atoms with Gasteiger partial charge < -0.3 is 9.32 Å². The molecule has 0 bridgehead atoms. The minimum absolute atomic E-state index is 0.165. The van der Waals surface area contributed by atoms with Crippen molar-refractivity contribution in [3.8, 4) is 0 Å². The van der Waals surface area contributed by atoms with Gasteiger partial charge in [-0.1, -0.05) is 23.2 Å². The number of carbonyl (C=O) groups excluding carboxylic acids is 1. The molecule has 2 heterocycles. The van der Waals surface area contributed by atoms with Gasteiger partial charge in [-0.15, -0.1) is 11.3 Å². The van der Waals surface area contributed by atoms with Crippen molar-refractivity contribution < 1.29 is 9.21 Å². The lowest BCUT2D eigenvalue weighted by Crippen LogP contribution is -2.29. The maximum Gasteiger partial charge on any atom is 0.256 e. The molecule has 96 valence electrons. The van der Waals surface area contributed by atoms with Gasteiger partial charge in [0.15, 0.2) is 0 Å². The third kappa shape index (κ3) is 2.55. The number of halogens is 2. The van der Waals surface area contributed by atoms with E-state index >= 15 is 0 Å². The molecule has 18 heavy (non-hydrogen) atoms. The van der Waals surface area contributed by atoms with Crippen molar-refractivity contribution in [2.75, 3.05) is 7.05 Å². The molecule has 2 aromatic rings. The van der Waals surface area contributed by atoms with E-state index < -0.39 is 0 Å². The first-order chi connectivity index (χ1) is 8.50. The monoisotopic (exact) mass is 303 g/mol. The number of rotatable bonds is 3. The summed E-state index contributed by atoms with van der Waals surface area (Å²) in [6.07, 6.45) is 1.58. The Kier molecular flexibility index (Phi) is 4.00. The Morgan fingerprint density at radius 3 is 2.72 bits per heavy atom. The van der Waals surface area contributed by atoms with Gasteiger partial charge >= 0.3 is 0 Å². The molecule has 0 fully saturated rings. The quantitative estimate of drug-likeness (QED) is 0.837. The summed E-state index contributed by atoms with van der Waals surface area (Å²) in [4.78, 5) is 13.8. The molecule has 0 N–H and O–H groups in total. The molecule has 0 aromatic carbocycles. The zero-order valence-electron chi connectivity index (χ0n) is 9.81. The fourth-order valence-electron chi connectivity index (χ4n) is 1.57. The summed E-state index contributed by atoms with van der Waals surface area (Å²) in [5.41, 5.74) is 0.424. The zero-order chi connectivity index (χ0) is 13.3. The highest BCUT2D eigenvalue weighted by Gasteiger charge is 2.23. The van der Waals surface area contributed by atoms with Crippen molar-refractivity contribution in [1.82, 2.24) is 4.90 Å². The fraction of sp³-hybridized carbons (Fsp3) is 0.250. The third-order valence-electron chi connectivity index (χ3n) is 2.74. The molecule has 3 nitrogen and oxygen atoms in total. The Morgan fingerprint density at radius 1 is 1.50 bits per heavy atom. The predicted octanol–water partition coefficient (Wildman–Crippen LogP) is 4.48. The first kappa shape index (κ1) is 13.5. The van der Waals surface area contributed by atoms with Gasteiger partial charge in [-0.2, -0.15) is 0 Å². The second-order valence-corrected chi connectivity index (χ2v) is 6.13. The summed E-state index contributed by atoms with van der Waals surface area (Å²) in [6.45, 7) is 1.89. The normalized spacial score (nSPS) is 12.4. The fourth-order valence-corrected chi connectivity index (χ4v) is 3.02. The van der Waals surface area contributed by atoms with Crippen LogP contribution in [0.3, 0.4) is 0 Å². The average Bonchev–Trinajstić information content (AvgIpc) is 2.96. The summed E-state index contributed by atoms with van der Waals surface area (Å²) in [5.74, 6) is 0.551. The van der Waals surface area contributed by atoms with E-state index in [2.05, 4.69) is 0 Å². The second-order valence-electron chi connectivity index (χ2n) is 3.85. The molecule has 1 unspecified atom stereocenters. The zero-order valence-corrected chi connectivity index (χ0v) is 12.1. The summed E-state index contributed by atoms with van der Waals surface area (Å²) in [5, 5.41) is 0. The van der Waals surface area contributed by atoms with Crippen molar-refractivity contribution in [2.45, 2.75) is 13.0 Å². The highest BCUT2D eigenvalue weighted by molar-refractivity contribution is 7.20. The van der Waals surface area contributed by atoms with Gasteiger partial charge in [0.2, 0.25) is 0 Å². The predicted molar refractivity (Wildman–Crippen MR) is 73.6 cm³/mol. The van der Waals surface area contributed by atoms with Crippen LogP contribution in [0.5, 0.6) is 0 Å². The Bertz CT molecular complexity index is 550. The summed E-state index contributed by atoms with van der Waals surface area (Å²) in [6, 6.07) is 5.04. The molecule has 0 saturated carbocycles. The van der Waals surface area contributed by atoms with Crippen molar-refractivity contribution in [3.05, 3.63) is 44.5 Å². The number of amides is 1. The molecule has 0 saturated heterocycles. The third-order valence-corrected chi connectivity index (χ3v) is 4.23. The van der Waals surface area contributed by atoms with E-state index in [1.165, 1.54) is 11.3 Å². The van der Waals surface area contributed by atoms with Crippen LogP contribution in [-0.2, 0) is 0 Å². The van der Waals surface area contributed by atoms with Crippen LogP contribution in [0.25, 0.3) is 0 Å². The molecule has 0 radical (unpaired) electrons. The van der Waals surface area contributed by atoms with E-state index in [0.29, 0.717) is 14.2 Å². The van der Waals surface area contributed by atoms with Crippen LogP contribution in [0.15, 0.2) is 28.9 Å². The van der Waals surface area contributed by atoms with E-state index in [-0.39, 0.29) is 11.9 Å². The van der Waals surface area contributed by atoms with Crippen LogP contribution in [0, 0.1) is 0 Å². The standard InChI is InChI=1S/C12H11Cl2NO2S/c1-7(9-4-3-5-17-9)15(2)12(16)8-6-10(13)18-11(8)14/h3-7H,1-2H3. The van der Waals surface area contributed by atoms with Gasteiger partial charge in [0, 0.05) is 7.05 Å². The van der Waals surface area contributed by atoms with Crippen LogP contribution in [0.2, 0.25) is 8.67 Å². The largest absolute Gasteiger partial charge is 0.467 e. The number of furan rings is 1. The lowest BCUT2D eigenvalue weighted by Gasteiger charge is -2.23. The maximum atomic E-state index is 12.3. The SMILES string of the molecule is CC(c1ccco1)N(C)C(=O)c1cc(Cl)sc1Cl.